The van der Waals surface area contributed by atoms with Gasteiger partial charge < -0.3 is 5.73 Å². The van der Waals surface area contributed by atoms with E-state index in [9.17, 15) is 0 Å². The monoisotopic (exact) mass is 279 g/mol. The highest BCUT2D eigenvalue weighted by Crippen LogP contribution is 2.16. The Balaban J connectivity index is 2.18. The molecule has 0 saturated heterocycles. The first kappa shape index (κ1) is 16.7. The van der Waals surface area contributed by atoms with Gasteiger partial charge in [0.1, 0.15) is 0 Å². The van der Waals surface area contributed by atoms with Crippen molar-refractivity contribution < 1.29 is 0 Å². The van der Waals surface area contributed by atoms with Gasteiger partial charge in [0.15, 0.2) is 0 Å². The van der Waals surface area contributed by atoms with Gasteiger partial charge in [0.25, 0.3) is 0 Å². The summed E-state index contributed by atoms with van der Waals surface area (Å²) in [5.41, 5.74) is 9.94. The molecule has 1 atom stereocenters. The van der Waals surface area contributed by atoms with Crippen LogP contribution in [0.5, 0.6) is 0 Å². The molecule has 108 valence electrons. The number of rotatable bonds is 9. The van der Waals surface area contributed by atoms with Gasteiger partial charge in [0, 0.05) is 0 Å². The molecule has 1 nitrogen and oxygen atoms in total. The molecule has 0 spiro atoms. The predicted molar refractivity (Wildman–Crippen MR) is 90.3 cm³/mol. The highest BCUT2D eigenvalue weighted by molar-refractivity contribution is 7.27. The summed E-state index contributed by atoms with van der Waals surface area (Å²) in [5, 5.41) is 1.33. The van der Waals surface area contributed by atoms with Crippen LogP contribution >= 0.6 is 9.24 Å². The molecule has 1 aromatic rings. The van der Waals surface area contributed by atoms with Gasteiger partial charge in [0.05, 0.1) is 0 Å². The molecular formula is C17H30NP. The zero-order chi connectivity index (χ0) is 14.1. The van der Waals surface area contributed by atoms with Crippen molar-refractivity contribution in [2.45, 2.75) is 65.2 Å². The van der Waals surface area contributed by atoms with E-state index in [1.807, 2.05) is 0 Å². The molecule has 0 fully saturated rings. The SMILES string of the molecule is Cc1c(P)ccc(CCCCCCCCCN)c1C. The van der Waals surface area contributed by atoms with Gasteiger partial charge >= 0.3 is 0 Å². The first-order valence-electron chi connectivity index (χ1n) is 7.71. The van der Waals surface area contributed by atoms with Crippen LogP contribution in [0.15, 0.2) is 12.1 Å². The summed E-state index contributed by atoms with van der Waals surface area (Å²) in [5.74, 6) is 0. The summed E-state index contributed by atoms with van der Waals surface area (Å²) in [6.07, 6.45) is 10.5. The van der Waals surface area contributed by atoms with Gasteiger partial charge in [-0.15, -0.1) is 9.24 Å². The molecule has 0 aliphatic heterocycles. The fourth-order valence-corrected chi connectivity index (χ4v) is 2.82. The van der Waals surface area contributed by atoms with E-state index in [1.165, 1.54) is 73.4 Å². The summed E-state index contributed by atoms with van der Waals surface area (Å²) < 4.78 is 0. The van der Waals surface area contributed by atoms with Crippen LogP contribution in [0.1, 0.15) is 61.6 Å². The Morgan fingerprint density at radius 2 is 1.42 bits per heavy atom. The second kappa shape index (κ2) is 9.50. The number of hydrogen-bond acceptors (Lipinski definition) is 1. The van der Waals surface area contributed by atoms with Crippen LogP contribution in [-0.4, -0.2) is 6.54 Å². The van der Waals surface area contributed by atoms with Crippen molar-refractivity contribution in [2.75, 3.05) is 6.54 Å². The van der Waals surface area contributed by atoms with E-state index < -0.39 is 0 Å². The molecule has 1 rings (SSSR count). The van der Waals surface area contributed by atoms with E-state index in [0.29, 0.717) is 0 Å². The van der Waals surface area contributed by atoms with Gasteiger partial charge in [-0.05, 0) is 61.6 Å². The standard InChI is InChI=1S/C17H30NP/c1-14-15(2)17(19)12-11-16(14)10-8-6-4-3-5-7-9-13-18/h11-12H,3-10,13,18-19H2,1-2H3. The van der Waals surface area contributed by atoms with E-state index in [1.54, 1.807) is 0 Å². The number of unbranched alkanes of at least 4 members (excludes halogenated alkanes) is 6. The summed E-state index contributed by atoms with van der Waals surface area (Å²) >= 11 is 0. The lowest BCUT2D eigenvalue weighted by Crippen LogP contribution is -2.03. The van der Waals surface area contributed by atoms with Gasteiger partial charge in [-0.2, -0.15) is 0 Å². The number of aryl methyl sites for hydroxylation is 1. The lowest BCUT2D eigenvalue weighted by Gasteiger charge is -2.11. The second-order valence-electron chi connectivity index (χ2n) is 5.58. The van der Waals surface area contributed by atoms with Crippen molar-refractivity contribution in [2.24, 2.45) is 5.73 Å². The summed E-state index contributed by atoms with van der Waals surface area (Å²) in [6, 6.07) is 4.53. The fraction of sp³-hybridized carbons (Fsp3) is 0.647. The maximum absolute atomic E-state index is 5.49. The van der Waals surface area contributed by atoms with Crippen LogP contribution in [0, 0.1) is 13.8 Å². The molecular weight excluding hydrogens is 249 g/mol. The maximum Gasteiger partial charge on any atom is -0.00773 e. The third kappa shape index (κ3) is 6.06. The van der Waals surface area contributed by atoms with Crippen molar-refractivity contribution in [1.82, 2.24) is 0 Å². The van der Waals surface area contributed by atoms with Gasteiger partial charge in [0.2, 0.25) is 0 Å². The van der Waals surface area contributed by atoms with Gasteiger partial charge in [-0.1, -0.05) is 44.2 Å². The third-order valence-electron chi connectivity index (χ3n) is 4.09. The Morgan fingerprint density at radius 1 is 0.842 bits per heavy atom. The van der Waals surface area contributed by atoms with Crippen molar-refractivity contribution in [3.63, 3.8) is 0 Å². The largest absolute Gasteiger partial charge is 0.330 e. The van der Waals surface area contributed by atoms with E-state index in [-0.39, 0.29) is 0 Å². The van der Waals surface area contributed by atoms with E-state index in [4.69, 9.17) is 5.73 Å². The summed E-state index contributed by atoms with van der Waals surface area (Å²) in [6.45, 7) is 5.33. The average Bonchev–Trinajstić information content (AvgIpc) is 2.41. The average molecular weight is 279 g/mol. The second-order valence-corrected chi connectivity index (χ2v) is 6.20. The van der Waals surface area contributed by atoms with Gasteiger partial charge in [-0.25, -0.2) is 0 Å². The van der Waals surface area contributed by atoms with Crippen molar-refractivity contribution in [3.8, 4) is 0 Å². The fourth-order valence-electron chi connectivity index (χ4n) is 2.51. The lowest BCUT2D eigenvalue weighted by molar-refractivity contribution is 0.581. The minimum absolute atomic E-state index is 0.852. The molecule has 0 aromatic heterocycles. The number of nitrogens with two attached hydrogens (primary N) is 1. The number of hydrogen-bond donors (Lipinski definition) is 1. The lowest BCUT2D eigenvalue weighted by atomic mass is 9.98. The van der Waals surface area contributed by atoms with Crippen LogP contribution < -0.4 is 11.0 Å². The molecule has 0 aliphatic carbocycles. The topological polar surface area (TPSA) is 26.0 Å². The van der Waals surface area contributed by atoms with E-state index >= 15 is 0 Å². The first-order valence-corrected chi connectivity index (χ1v) is 8.29. The zero-order valence-electron chi connectivity index (χ0n) is 12.7. The van der Waals surface area contributed by atoms with Crippen molar-refractivity contribution in [1.29, 1.82) is 0 Å². The Kier molecular flexibility index (Phi) is 8.34. The highest BCUT2D eigenvalue weighted by atomic mass is 31.0. The normalized spacial score (nSPS) is 10.9. The predicted octanol–water partition coefficient (Wildman–Crippen LogP) is 4.04. The molecule has 1 unspecified atom stereocenters. The van der Waals surface area contributed by atoms with Crippen molar-refractivity contribution in [3.05, 3.63) is 28.8 Å². The van der Waals surface area contributed by atoms with Gasteiger partial charge in [-0.3, -0.25) is 0 Å². The highest BCUT2D eigenvalue weighted by Gasteiger charge is 2.03. The molecule has 0 aliphatic rings. The summed E-state index contributed by atoms with van der Waals surface area (Å²) in [4.78, 5) is 0. The van der Waals surface area contributed by atoms with Crippen LogP contribution in [0.25, 0.3) is 0 Å². The molecule has 1 aromatic carbocycles. The zero-order valence-corrected chi connectivity index (χ0v) is 13.8. The molecule has 0 bridgehead atoms. The Morgan fingerprint density at radius 3 is 2.05 bits per heavy atom. The Bertz CT molecular complexity index is 374. The Hall–Kier alpha value is -0.390. The molecule has 2 N–H and O–H groups in total. The van der Waals surface area contributed by atoms with Crippen LogP contribution in [0.4, 0.5) is 0 Å². The van der Waals surface area contributed by atoms with Crippen LogP contribution in [-0.2, 0) is 6.42 Å². The smallest absolute Gasteiger partial charge is 0.00773 e. The molecule has 0 radical (unpaired) electrons. The number of benzene rings is 1. The minimum atomic E-state index is 0.852. The first-order chi connectivity index (χ1) is 9.16. The molecule has 0 amide bonds. The quantitative estimate of drug-likeness (QED) is 0.536. The summed E-state index contributed by atoms with van der Waals surface area (Å²) in [7, 11) is 2.82. The van der Waals surface area contributed by atoms with Crippen LogP contribution in [0.3, 0.4) is 0 Å². The van der Waals surface area contributed by atoms with Crippen LogP contribution in [0.2, 0.25) is 0 Å². The third-order valence-corrected chi connectivity index (χ3v) is 4.72. The Labute approximate surface area is 121 Å². The van der Waals surface area contributed by atoms with E-state index in [2.05, 4.69) is 35.2 Å². The molecule has 2 heteroatoms. The molecule has 0 heterocycles. The minimum Gasteiger partial charge on any atom is -0.330 e. The molecule has 19 heavy (non-hydrogen) atoms. The van der Waals surface area contributed by atoms with E-state index in [0.717, 1.165) is 6.54 Å². The molecule has 0 saturated carbocycles. The maximum atomic E-state index is 5.49. The van der Waals surface area contributed by atoms with Crippen molar-refractivity contribution >= 4 is 14.5 Å².